The number of hydrogen-bond donors (Lipinski definition) is 2. The Hall–Kier alpha value is -3.54. The number of carbonyl (C=O) groups excluding carboxylic acids is 4. The maximum Gasteiger partial charge on any atom is 0.408 e. The fourth-order valence-corrected chi connectivity index (χ4v) is 3.74. The number of carbonyl (C=O) groups is 4. The van der Waals surface area contributed by atoms with Gasteiger partial charge in [0.15, 0.2) is 0 Å². The normalized spacial score (nSPS) is 12.6. The van der Waals surface area contributed by atoms with E-state index in [2.05, 4.69) is 16.6 Å². The topological polar surface area (TPSA) is 114 Å². The zero-order chi connectivity index (χ0) is 28.2. The molecule has 2 atom stereocenters. The van der Waals surface area contributed by atoms with E-state index in [1.807, 2.05) is 13.8 Å². The lowest BCUT2D eigenvalue weighted by Crippen LogP contribution is -2.53. The van der Waals surface area contributed by atoms with Crippen molar-refractivity contribution in [2.75, 3.05) is 19.7 Å². The molecule has 0 saturated carbocycles. The molecule has 0 bridgehead atoms. The maximum atomic E-state index is 13.8. The lowest BCUT2D eigenvalue weighted by atomic mass is 9.96. The molecule has 9 heteroatoms. The summed E-state index contributed by atoms with van der Waals surface area (Å²) in [6.45, 7) is 12.9. The molecule has 0 radical (unpaired) electrons. The summed E-state index contributed by atoms with van der Waals surface area (Å²) in [5.41, 5.74) is 0.182. The van der Waals surface area contributed by atoms with Crippen LogP contribution in [0.1, 0.15) is 78.5 Å². The van der Waals surface area contributed by atoms with E-state index in [-0.39, 0.29) is 32.0 Å². The summed E-state index contributed by atoms with van der Waals surface area (Å²) in [5.74, 6) is 1.26. The summed E-state index contributed by atoms with van der Waals surface area (Å²) in [4.78, 5) is 53.0. The third kappa shape index (κ3) is 10.5. The Morgan fingerprint density at radius 1 is 1.11 bits per heavy atom. The molecule has 0 aliphatic carbocycles. The predicted molar refractivity (Wildman–Crippen MR) is 141 cm³/mol. The monoisotopic (exact) mass is 515 g/mol. The van der Waals surface area contributed by atoms with Crippen LogP contribution >= 0.6 is 0 Å². The number of terminal acetylenes is 1. The van der Waals surface area contributed by atoms with Crippen LogP contribution in [-0.2, 0) is 23.9 Å². The van der Waals surface area contributed by atoms with E-state index >= 15 is 0 Å². The van der Waals surface area contributed by atoms with Crippen LogP contribution in [0.25, 0.3) is 0 Å². The molecule has 2 N–H and O–H groups in total. The summed E-state index contributed by atoms with van der Waals surface area (Å²) < 4.78 is 10.3. The average molecular weight is 516 g/mol. The minimum Gasteiger partial charge on any atom is -0.466 e. The molecular weight excluding hydrogens is 474 g/mol. The van der Waals surface area contributed by atoms with Crippen molar-refractivity contribution in [2.45, 2.75) is 79.0 Å². The number of ether oxygens (including phenoxy) is 2. The van der Waals surface area contributed by atoms with Crippen LogP contribution in [0.2, 0.25) is 0 Å². The molecule has 2 unspecified atom stereocenters. The predicted octanol–water partition coefficient (Wildman–Crippen LogP) is 3.57. The fraction of sp³-hybridized carbons (Fsp3) is 0.571. The number of likely N-dealkylation sites (N-methyl/N-ethyl adjacent to an activating group) is 1. The molecule has 0 fully saturated rings. The van der Waals surface area contributed by atoms with Crippen molar-refractivity contribution < 1.29 is 28.7 Å². The molecule has 0 aromatic heterocycles. The highest BCUT2D eigenvalue weighted by Crippen LogP contribution is 2.26. The number of nitrogens with zero attached hydrogens (tertiary/aromatic N) is 1. The Morgan fingerprint density at radius 2 is 1.76 bits per heavy atom. The number of nitrogens with one attached hydrogen (secondary N) is 2. The summed E-state index contributed by atoms with van der Waals surface area (Å²) in [7, 11) is 0. The van der Waals surface area contributed by atoms with Gasteiger partial charge in [-0.05, 0) is 58.6 Å². The minimum absolute atomic E-state index is 0.0146. The van der Waals surface area contributed by atoms with Gasteiger partial charge in [-0.3, -0.25) is 14.4 Å². The van der Waals surface area contributed by atoms with Crippen molar-refractivity contribution in [1.29, 1.82) is 0 Å². The average Bonchev–Trinajstić information content (AvgIpc) is 2.80. The van der Waals surface area contributed by atoms with Crippen molar-refractivity contribution in [3.8, 4) is 12.3 Å². The molecule has 1 aromatic rings. The fourth-order valence-electron chi connectivity index (χ4n) is 3.74. The molecule has 37 heavy (non-hydrogen) atoms. The van der Waals surface area contributed by atoms with E-state index in [1.54, 1.807) is 58.9 Å². The first-order valence-corrected chi connectivity index (χ1v) is 12.6. The number of hydrogen-bond acceptors (Lipinski definition) is 6. The van der Waals surface area contributed by atoms with E-state index in [1.165, 1.54) is 4.90 Å². The Labute approximate surface area is 220 Å². The Balaban J connectivity index is 3.36. The van der Waals surface area contributed by atoms with E-state index in [9.17, 15) is 19.2 Å². The quantitative estimate of drug-likeness (QED) is 0.325. The molecule has 204 valence electrons. The van der Waals surface area contributed by atoms with Gasteiger partial charge in [0.1, 0.15) is 17.7 Å². The Morgan fingerprint density at radius 3 is 2.30 bits per heavy atom. The molecule has 0 spiro atoms. The van der Waals surface area contributed by atoms with Gasteiger partial charge in [-0.1, -0.05) is 38.0 Å². The van der Waals surface area contributed by atoms with Crippen LogP contribution in [0.3, 0.4) is 0 Å². The maximum absolute atomic E-state index is 13.8. The third-order valence-corrected chi connectivity index (χ3v) is 5.22. The van der Waals surface area contributed by atoms with Crippen LogP contribution < -0.4 is 10.6 Å². The summed E-state index contributed by atoms with van der Waals surface area (Å²) in [5, 5.41) is 5.41. The molecule has 9 nitrogen and oxygen atoms in total. The Kier molecular flexibility index (Phi) is 12.7. The lowest BCUT2D eigenvalue weighted by molar-refractivity contribution is -0.144. The van der Waals surface area contributed by atoms with Crippen LogP contribution in [0.5, 0.6) is 0 Å². The minimum atomic E-state index is -1.08. The summed E-state index contributed by atoms with van der Waals surface area (Å²) in [6, 6.07) is 4.86. The number of rotatable bonds is 12. The molecular formula is C28H41N3O6. The van der Waals surface area contributed by atoms with E-state index in [4.69, 9.17) is 15.9 Å². The second-order valence-electron chi connectivity index (χ2n) is 9.93. The van der Waals surface area contributed by atoms with Gasteiger partial charge < -0.3 is 25.0 Å². The second-order valence-corrected chi connectivity index (χ2v) is 9.93. The third-order valence-electron chi connectivity index (χ3n) is 5.22. The SMILES string of the molecule is C#Cc1ccccc1C(C(=O)NCCC(=O)OCC)N(CC)C(=O)C(CC(C)C)NC(=O)OC(C)(C)C. The van der Waals surface area contributed by atoms with E-state index in [0.717, 1.165) is 0 Å². The van der Waals surface area contributed by atoms with Crippen molar-refractivity contribution in [3.63, 3.8) is 0 Å². The molecule has 0 aliphatic heterocycles. The number of benzene rings is 1. The molecule has 0 saturated heterocycles. The largest absolute Gasteiger partial charge is 0.466 e. The molecule has 0 heterocycles. The number of amides is 3. The zero-order valence-electron chi connectivity index (χ0n) is 23.1. The zero-order valence-corrected chi connectivity index (χ0v) is 23.1. The number of esters is 1. The smallest absolute Gasteiger partial charge is 0.408 e. The van der Waals surface area contributed by atoms with Crippen LogP contribution in [-0.4, -0.2) is 60.1 Å². The number of alkyl carbamates (subject to hydrolysis) is 1. The van der Waals surface area contributed by atoms with Gasteiger partial charge in [-0.15, -0.1) is 6.42 Å². The standard InChI is InChI=1S/C28H41N3O6/c1-9-20-14-12-13-15-21(20)24(25(33)29-17-16-23(32)36-11-3)31(10-2)26(34)22(18-19(4)5)30-27(35)37-28(6,7)8/h1,12-15,19,22,24H,10-11,16-18H2,2-8H3,(H,29,33)(H,30,35). The highest BCUT2D eigenvalue weighted by molar-refractivity contribution is 5.92. The van der Waals surface area contributed by atoms with Gasteiger partial charge in [0.05, 0.1) is 13.0 Å². The molecule has 0 aliphatic rings. The van der Waals surface area contributed by atoms with Crippen molar-refractivity contribution in [1.82, 2.24) is 15.5 Å². The van der Waals surface area contributed by atoms with E-state index in [0.29, 0.717) is 17.5 Å². The van der Waals surface area contributed by atoms with Gasteiger partial charge in [-0.25, -0.2) is 4.79 Å². The first-order valence-electron chi connectivity index (χ1n) is 12.6. The lowest BCUT2D eigenvalue weighted by Gasteiger charge is -2.34. The highest BCUT2D eigenvalue weighted by Gasteiger charge is 2.36. The summed E-state index contributed by atoms with van der Waals surface area (Å²) >= 11 is 0. The first-order chi connectivity index (χ1) is 17.3. The van der Waals surface area contributed by atoms with Gasteiger partial charge in [-0.2, -0.15) is 0 Å². The highest BCUT2D eigenvalue weighted by atomic mass is 16.6. The van der Waals surface area contributed by atoms with Gasteiger partial charge in [0, 0.05) is 18.7 Å². The van der Waals surface area contributed by atoms with Gasteiger partial charge in [0.2, 0.25) is 11.8 Å². The molecule has 3 amide bonds. The van der Waals surface area contributed by atoms with Crippen LogP contribution in [0.15, 0.2) is 24.3 Å². The first kappa shape index (κ1) is 31.5. The molecule has 1 aromatic carbocycles. The van der Waals surface area contributed by atoms with Gasteiger partial charge in [0.25, 0.3) is 0 Å². The van der Waals surface area contributed by atoms with Crippen molar-refractivity contribution in [3.05, 3.63) is 35.4 Å². The second kappa shape index (κ2) is 14.9. The summed E-state index contributed by atoms with van der Waals surface area (Å²) in [6.07, 6.45) is 5.31. The van der Waals surface area contributed by atoms with Crippen molar-refractivity contribution in [2.24, 2.45) is 5.92 Å². The Bertz CT molecular complexity index is 977. The van der Waals surface area contributed by atoms with Crippen molar-refractivity contribution >= 4 is 23.9 Å². The van der Waals surface area contributed by atoms with E-state index < -0.39 is 41.6 Å². The van der Waals surface area contributed by atoms with Gasteiger partial charge >= 0.3 is 12.1 Å². The van der Waals surface area contributed by atoms with Crippen LogP contribution in [0.4, 0.5) is 4.79 Å². The van der Waals surface area contributed by atoms with Crippen LogP contribution in [0, 0.1) is 18.3 Å². The molecule has 1 rings (SSSR count).